The molecule has 0 rings (SSSR count). The van der Waals surface area contributed by atoms with Crippen molar-refractivity contribution in [2.75, 3.05) is 0 Å². The molecule has 0 unspecified atom stereocenters. The van der Waals surface area contributed by atoms with Crippen LogP contribution in [0.1, 0.15) is 245 Å². The summed E-state index contributed by atoms with van der Waals surface area (Å²) in [5.41, 5.74) is 11.0. The summed E-state index contributed by atoms with van der Waals surface area (Å²) >= 11 is 0. The molecule has 0 aliphatic carbocycles. The molecule has 60 heavy (non-hydrogen) atoms. The second-order valence-corrected chi connectivity index (χ2v) is 16.0. The van der Waals surface area contributed by atoms with Crippen molar-refractivity contribution in [1.82, 2.24) is 0 Å². The summed E-state index contributed by atoms with van der Waals surface area (Å²) < 4.78 is 9.29. The number of unbranched alkanes of at least 4 members (excludes halogenated alkanes) is 28. The van der Waals surface area contributed by atoms with E-state index in [1.165, 1.54) is 154 Å². The Hall–Kier alpha value is 0.413. The van der Waals surface area contributed by atoms with Crippen molar-refractivity contribution in [2.45, 2.75) is 257 Å². The Labute approximate surface area is 449 Å². The minimum Gasteiger partial charge on any atom is -0.550 e. The van der Waals surface area contributed by atoms with Crippen LogP contribution in [0.4, 0.5) is 0 Å². The number of carboxylic acid groups (broad SMARTS) is 2. The maximum atomic E-state index is 11.6. The molecule has 0 radical (unpaired) electrons. The van der Waals surface area contributed by atoms with Crippen LogP contribution in [0.5, 0.6) is 0 Å². The smallest absolute Gasteiger partial charge is 0.550 e. The molecule has 0 spiro atoms. The first-order valence-electron chi connectivity index (χ1n) is 23.3. The van der Waals surface area contributed by atoms with Crippen molar-refractivity contribution in [3.63, 3.8) is 0 Å². The fraction of sp³-hybridized carbons (Fsp3) is 0.870. The van der Waals surface area contributed by atoms with Crippen LogP contribution >= 0.6 is 0 Å². The summed E-state index contributed by atoms with van der Waals surface area (Å²) in [7, 11) is 0. The van der Waals surface area contributed by atoms with Gasteiger partial charge in [-0.15, -0.1) is 0 Å². The standard InChI is InChI=1S/2C23H43NO5.2K/c2*1-2-3-4-5-6-7-8-9-10-11-12-13-14-15-16-17-22(27)29-23(28)20(24)18-19-21(25)26;;/h2*20H,2-19,24H2,1H3,(H,25,26);;/q;;2*+1/p-2/t2*20-;;/m00../s1. The number of rotatable bonds is 40. The molecule has 12 nitrogen and oxygen atoms in total. The summed E-state index contributed by atoms with van der Waals surface area (Å²) in [4.78, 5) is 67.0. The largest absolute Gasteiger partial charge is 1.00 e. The average Bonchev–Trinajstić information content (AvgIpc) is 3.19. The van der Waals surface area contributed by atoms with Gasteiger partial charge in [0.15, 0.2) is 0 Å². The number of hydrogen-bond donors (Lipinski definition) is 2. The van der Waals surface area contributed by atoms with Crippen molar-refractivity contribution in [3.05, 3.63) is 0 Å². The zero-order valence-electron chi connectivity index (χ0n) is 38.8. The molecule has 0 aliphatic heterocycles. The third-order valence-electron chi connectivity index (χ3n) is 10.3. The number of ether oxygens (including phenoxy) is 2. The molecular formula is C46H84K2N2O10. The number of carbonyl (C=O) groups is 6. The normalized spacial score (nSPS) is 11.5. The van der Waals surface area contributed by atoms with Crippen molar-refractivity contribution in [2.24, 2.45) is 11.5 Å². The third kappa shape index (κ3) is 52.8. The minimum atomic E-state index is -1.28. The fourth-order valence-electron chi connectivity index (χ4n) is 6.54. The second kappa shape index (κ2) is 52.0. The molecule has 0 bridgehead atoms. The molecule has 0 fully saturated rings. The van der Waals surface area contributed by atoms with Crippen LogP contribution in [0.25, 0.3) is 0 Å². The van der Waals surface area contributed by atoms with E-state index < -0.39 is 47.9 Å². The van der Waals surface area contributed by atoms with Crippen LogP contribution in [-0.2, 0) is 38.2 Å². The average molecular weight is 903 g/mol. The fourth-order valence-corrected chi connectivity index (χ4v) is 6.54. The van der Waals surface area contributed by atoms with Crippen LogP contribution < -0.4 is 124 Å². The van der Waals surface area contributed by atoms with Gasteiger partial charge in [-0.2, -0.15) is 0 Å². The van der Waals surface area contributed by atoms with Crippen molar-refractivity contribution in [1.29, 1.82) is 0 Å². The Bertz CT molecular complexity index is 971. The van der Waals surface area contributed by atoms with E-state index in [0.29, 0.717) is 12.8 Å². The van der Waals surface area contributed by atoms with E-state index >= 15 is 0 Å². The van der Waals surface area contributed by atoms with E-state index in [1.807, 2.05) is 0 Å². The van der Waals surface area contributed by atoms with Gasteiger partial charge in [0.25, 0.3) is 0 Å². The van der Waals surface area contributed by atoms with Crippen LogP contribution in [0.2, 0.25) is 0 Å². The van der Waals surface area contributed by atoms with Crippen LogP contribution in [0.15, 0.2) is 0 Å². The van der Waals surface area contributed by atoms with Gasteiger partial charge >= 0.3 is 127 Å². The topological polar surface area (TPSA) is 219 Å². The zero-order valence-corrected chi connectivity index (χ0v) is 45.1. The second-order valence-electron chi connectivity index (χ2n) is 16.0. The van der Waals surface area contributed by atoms with Gasteiger partial charge < -0.3 is 40.7 Å². The molecule has 0 saturated carbocycles. The summed E-state index contributed by atoms with van der Waals surface area (Å²) in [5, 5.41) is 20.7. The first-order chi connectivity index (χ1) is 27.9. The molecule has 2 atom stereocenters. The zero-order chi connectivity index (χ0) is 43.5. The van der Waals surface area contributed by atoms with Gasteiger partial charge in [-0.25, -0.2) is 9.59 Å². The van der Waals surface area contributed by atoms with E-state index in [0.717, 1.165) is 25.7 Å². The number of aliphatic carboxylic acids is 2. The third-order valence-corrected chi connectivity index (χ3v) is 10.3. The predicted octanol–water partition coefficient (Wildman–Crippen LogP) is 2.36. The Morgan fingerprint density at radius 1 is 0.367 bits per heavy atom. The van der Waals surface area contributed by atoms with E-state index in [1.54, 1.807) is 0 Å². The molecule has 0 aromatic heterocycles. The van der Waals surface area contributed by atoms with Gasteiger partial charge in [-0.05, 0) is 38.5 Å². The van der Waals surface area contributed by atoms with Gasteiger partial charge in [0.05, 0.1) is 0 Å². The molecule has 4 N–H and O–H groups in total. The van der Waals surface area contributed by atoms with Gasteiger partial charge in [0, 0.05) is 24.8 Å². The van der Waals surface area contributed by atoms with Gasteiger partial charge in [-0.3, -0.25) is 9.59 Å². The van der Waals surface area contributed by atoms with Crippen molar-refractivity contribution >= 4 is 35.8 Å². The number of hydrogen-bond acceptors (Lipinski definition) is 12. The maximum absolute atomic E-state index is 11.6. The Morgan fingerprint density at radius 3 is 0.767 bits per heavy atom. The quantitative estimate of drug-likeness (QED) is 0.0392. The van der Waals surface area contributed by atoms with Crippen molar-refractivity contribution in [3.8, 4) is 0 Å². The van der Waals surface area contributed by atoms with E-state index in [-0.39, 0.29) is 141 Å². The van der Waals surface area contributed by atoms with Gasteiger partial charge in [-0.1, -0.05) is 194 Å². The predicted molar refractivity (Wildman–Crippen MR) is 226 cm³/mol. The molecule has 0 aliphatic rings. The molecular weight excluding hydrogens is 819 g/mol. The van der Waals surface area contributed by atoms with E-state index in [4.69, 9.17) is 11.5 Å². The maximum Gasteiger partial charge on any atom is 1.00 e. The van der Waals surface area contributed by atoms with Crippen LogP contribution in [-0.4, -0.2) is 47.9 Å². The Balaban J connectivity index is -0.000000506. The summed E-state index contributed by atoms with van der Waals surface area (Å²) in [6.07, 6.45) is 37.0. The Kier molecular flexibility index (Phi) is 58.1. The summed E-state index contributed by atoms with van der Waals surface area (Å²) in [6, 6.07) is -2.20. The number of esters is 4. The first kappa shape index (κ1) is 67.0. The molecule has 0 heterocycles. The number of carboxylic acids is 2. The molecule has 0 aromatic carbocycles. The first-order valence-corrected chi connectivity index (χ1v) is 23.3. The molecule has 0 saturated heterocycles. The molecule has 0 amide bonds. The minimum absolute atomic E-state index is 0. The van der Waals surface area contributed by atoms with Crippen molar-refractivity contribution < 1.29 is 151 Å². The van der Waals surface area contributed by atoms with E-state index in [9.17, 15) is 39.0 Å². The monoisotopic (exact) mass is 903 g/mol. The number of carbonyl (C=O) groups excluding carboxylic acids is 6. The summed E-state index contributed by atoms with van der Waals surface area (Å²) in [5.74, 6) is -5.47. The van der Waals surface area contributed by atoms with Gasteiger partial charge in [0.1, 0.15) is 12.1 Å². The summed E-state index contributed by atoms with van der Waals surface area (Å²) in [6.45, 7) is 4.50. The van der Waals surface area contributed by atoms with Gasteiger partial charge in [0.2, 0.25) is 0 Å². The molecule has 0 aromatic rings. The Morgan fingerprint density at radius 2 is 0.567 bits per heavy atom. The van der Waals surface area contributed by atoms with E-state index in [2.05, 4.69) is 23.3 Å². The van der Waals surface area contributed by atoms with Crippen LogP contribution in [0, 0.1) is 0 Å². The molecule has 14 heteroatoms. The SMILES string of the molecule is CCCCCCCCCCCCCCCCCC(=O)OC(=O)[C@@H](N)CCC(=O)[O-].CCCCCCCCCCCCCCCCCC(=O)OC(=O)[C@@H](N)CCC(=O)[O-].[K+].[K+]. The number of nitrogens with two attached hydrogens (primary N) is 2. The molecule has 340 valence electrons. The van der Waals surface area contributed by atoms with Crippen LogP contribution in [0.3, 0.4) is 0 Å².